The van der Waals surface area contributed by atoms with E-state index in [1.807, 2.05) is 40.7 Å². The van der Waals surface area contributed by atoms with Crippen LogP contribution in [-0.4, -0.2) is 49.6 Å². The Kier molecular flexibility index (Phi) is 9.73. The van der Waals surface area contributed by atoms with Gasteiger partial charge in [0.25, 0.3) is 5.56 Å². The maximum absolute atomic E-state index is 13.4. The summed E-state index contributed by atoms with van der Waals surface area (Å²) in [6.07, 6.45) is 0.537. The largest absolute Gasteiger partial charge is 0.493 e. The van der Waals surface area contributed by atoms with Crippen molar-refractivity contribution in [1.82, 2.24) is 9.29 Å². The molecule has 2 rings (SSSR count). The van der Waals surface area contributed by atoms with Gasteiger partial charge in [0.05, 0.1) is 30.4 Å². The number of hydrogen-bond donors (Lipinski definition) is 3. The average molecular weight is 534 g/mol. The summed E-state index contributed by atoms with van der Waals surface area (Å²) in [7, 11) is -3.78. The molecule has 0 unspecified atom stereocenters. The molecule has 11 nitrogen and oxygen atoms in total. The zero-order chi connectivity index (χ0) is 28.0. The summed E-state index contributed by atoms with van der Waals surface area (Å²) in [6.45, 7) is 11.3. The third-order valence-electron chi connectivity index (χ3n) is 5.44. The van der Waals surface area contributed by atoms with Crippen LogP contribution in [0.3, 0.4) is 0 Å². The number of hydrogen-bond acceptors (Lipinski definition) is 9. The Morgan fingerprint density at radius 2 is 1.73 bits per heavy atom. The van der Waals surface area contributed by atoms with E-state index >= 15 is 0 Å². The van der Waals surface area contributed by atoms with Crippen molar-refractivity contribution in [2.24, 2.45) is 15.6 Å². The quantitative estimate of drug-likeness (QED) is 0.293. The molecule has 0 amide bonds. The zero-order valence-corrected chi connectivity index (χ0v) is 22.9. The first-order valence-electron chi connectivity index (χ1n) is 11.7. The number of nitrogens with one attached hydrogen (secondary N) is 1. The third-order valence-corrected chi connectivity index (χ3v) is 6.91. The second-order valence-corrected chi connectivity index (χ2v) is 12.2. The Hall–Kier alpha value is -3.11. The third kappa shape index (κ3) is 7.69. The number of rotatable bonds is 11. The second kappa shape index (κ2) is 12.0. The SMILES string of the molecule is Cc1c(C#N)c(O)n(C(C)(C)CC(C)(C)C)c(=O)c1N=Nc1ccc(S(=O)(=O)NCCOCCO)cc1. The lowest BCUT2D eigenvalue weighted by Gasteiger charge is -2.35. The van der Waals surface area contributed by atoms with Gasteiger partial charge in [-0.3, -0.25) is 9.36 Å². The molecule has 0 atom stereocenters. The van der Waals surface area contributed by atoms with Gasteiger partial charge >= 0.3 is 0 Å². The predicted molar refractivity (Wildman–Crippen MR) is 139 cm³/mol. The topological polar surface area (TPSA) is 166 Å². The summed E-state index contributed by atoms with van der Waals surface area (Å²) in [6, 6.07) is 7.51. The summed E-state index contributed by atoms with van der Waals surface area (Å²) < 4.78 is 33.4. The zero-order valence-electron chi connectivity index (χ0n) is 22.1. The molecule has 0 saturated carbocycles. The van der Waals surface area contributed by atoms with Crippen molar-refractivity contribution < 1.29 is 23.4 Å². The Morgan fingerprint density at radius 3 is 2.27 bits per heavy atom. The maximum atomic E-state index is 13.4. The highest BCUT2D eigenvalue weighted by Gasteiger charge is 2.33. The van der Waals surface area contributed by atoms with Crippen LogP contribution in [0.15, 0.2) is 44.2 Å². The van der Waals surface area contributed by atoms with Gasteiger partial charge in [-0.2, -0.15) is 10.4 Å². The molecule has 202 valence electrons. The number of ether oxygens (including phenoxy) is 1. The molecule has 1 aromatic carbocycles. The van der Waals surface area contributed by atoms with E-state index in [0.717, 1.165) is 0 Å². The van der Waals surface area contributed by atoms with E-state index in [1.54, 1.807) is 0 Å². The lowest BCUT2D eigenvalue weighted by atomic mass is 9.81. The van der Waals surface area contributed by atoms with Gasteiger partial charge in [-0.1, -0.05) is 20.8 Å². The van der Waals surface area contributed by atoms with Crippen molar-refractivity contribution >= 4 is 21.4 Å². The van der Waals surface area contributed by atoms with Crippen molar-refractivity contribution in [3.63, 3.8) is 0 Å². The minimum absolute atomic E-state index is 0.00692. The normalized spacial score (nSPS) is 12.7. The molecule has 1 heterocycles. The van der Waals surface area contributed by atoms with E-state index in [4.69, 9.17) is 9.84 Å². The predicted octanol–water partition coefficient (Wildman–Crippen LogP) is 3.61. The molecule has 0 aliphatic rings. The molecule has 0 fully saturated rings. The van der Waals surface area contributed by atoms with E-state index in [0.29, 0.717) is 6.42 Å². The van der Waals surface area contributed by atoms with Crippen LogP contribution in [0.1, 0.15) is 52.2 Å². The van der Waals surface area contributed by atoms with Gasteiger partial charge in [0.15, 0.2) is 5.69 Å². The first-order chi connectivity index (χ1) is 17.1. The summed E-state index contributed by atoms with van der Waals surface area (Å²) in [4.78, 5) is 13.4. The standard InChI is InChI=1S/C25H35N5O6S/c1-17-20(15-26)22(32)30(25(5,6)16-24(2,3)4)23(33)21(17)29-28-18-7-9-19(10-8-18)37(34,35)27-11-13-36-14-12-31/h7-10,27,31-32H,11-14,16H2,1-6H3. The van der Waals surface area contributed by atoms with E-state index in [-0.39, 0.29) is 59.2 Å². The number of azo groups is 1. The number of pyridine rings is 1. The number of aromatic hydroxyl groups is 1. The Balaban J connectivity index is 2.39. The number of aromatic nitrogens is 1. The second-order valence-electron chi connectivity index (χ2n) is 10.4. The summed E-state index contributed by atoms with van der Waals surface area (Å²) in [5.74, 6) is -0.415. The minimum Gasteiger partial charge on any atom is -0.493 e. The minimum atomic E-state index is -3.78. The Morgan fingerprint density at radius 1 is 1.11 bits per heavy atom. The maximum Gasteiger partial charge on any atom is 0.281 e. The van der Waals surface area contributed by atoms with Gasteiger partial charge in [-0.25, -0.2) is 13.1 Å². The van der Waals surface area contributed by atoms with Crippen LogP contribution in [0, 0.1) is 23.7 Å². The number of nitriles is 1. The fourth-order valence-electron chi connectivity index (χ4n) is 4.25. The molecule has 12 heteroatoms. The summed E-state index contributed by atoms with van der Waals surface area (Å²) in [5, 5.41) is 37.3. The lowest BCUT2D eigenvalue weighted by molar-refractivity contribution is 0.0961. The van der Waals surface area contributed by atoms with E-state index in [2.05, 4.69) is 15.0 Å². The van der Waals surface area contributed by atoms with Gasteiger partial charge in [0.1, 0.15) is 11.6 Å². The molecule has 0 saturated heterocycles. The van der Waals surface area contributed by atoms with Crippen LogP contribution in [0.4, 0.5) is 11.4 Å². The van der Waals surface area contributed by atoms with Crippen LogP contribution >= 0.6 is 0 Å². The molecule has 2 aromatic rings. The first kappa shape index (κ1) is 30.1. The molecule has 1 aromatic heterocycles. The molecular weight excluding hydrogens is 498 g/mol. The highest BCUT2D eigenvalue weighted by molar-refractivity contribution is 7.89. The molecular formula is C25H35N5O6S. The monoisotopic (exact) mass is 533 g/mol. The van der Waals surface area contributed by atoms with E-state index in [1.165, 1.54) is 35.8 Å². The first-order valence-corrected chi connectivity index (χ1v) is 13.2. The smallest absolute Gasteiger partial charge is 0.281 e. The highest BCUT2D eigenvalue weighted by atomic mass is 32.2. The van der Waals surface area contributed by atoms with Crippen molar-refractivity contribution in [2.45, 2.75) is 58.4 Å². The molecule has 3 N–H and O–H groups in total. The summed E-state index contributed by atoms with van der Waals surface area (Å²) >= 11 is 0. The van der Waals surface area contributed by atoms with Crippen molar-refractivity contribution in [3.8, 4) is 11.9 Å². The fourth-order valence-corrected chi connectivity index (χ4v) is 5.26. The van der Waals surface area contributed by atoms with Crippen molar-refractivity contribution in [1.29, 1.82) is 5.26 Å². The Bertz CT molecular complexity index is 1330. The van der Waals surface area contributed by atoms with Crippen molar-refractivity contribution in [3.05, 3.63) is 45.7 Å². The molecule has 0 spiro atoms. The number of aliphatic hydroxyl groups excluding tert-OH is 1. The molecule has 0 aliphatic carbocycles. The fraction of sp³-hybridized carbons (Fsp3) is 0.520. The highest BCUT2D eigenvalue weighted by Crippen LogP contribution is 2.36. The molecule has 37 heavy (non-hydrogen) atoms. The van der Waals surface area contributed by atoms with Crippen LogP contribution < -0.4 is 10.3 Å². The van der Waals surface area contributed by atoms with Gasteiger partial charge in [0, 0.05) is 17.6 Å². The van der Waals surface area contributed by atoms with Gasteiger partial charge < -0.3 is 14.9 Å². The number of nitrogens with zero attached hydrogens (tertiary/aromatic N) is 4. The molecule has 0 bridgehead atoms. The Labute approximate surface area is 217 Å². The van der Waals surface area contributed by atoms with Gasteiger partial charge in [0.2, 0.25) is 15.9 Å². The van der Waals surface area contributed by atoms with Crippen LogP contribution in [-0.2, 0) is 20.3 Å². The van der Waals surface area contributed by atoms with Gasteiger partial charge in [-0.05, 0) is 56.9 Å². The van der Waals surface area contributed by atoms with E-state index < -0.39 is 27.0 Å². The molecule has 0 aliphatic heterocycles. The van der Waals surface area contributed by atoms with E-state index in [9.17, 15) is 23.6 Å². The number of sulfonamides is 1. The van der Waals surface area contributed by atoms with Crippen LogP contribution in [0.2, 0.25) is 0 Å². The van der Waals surface area contributed by atoms with Crippen molar-refractivity contribution in [2.75, 3.05) is 26.4 Å². The lowest BCUT2D eigenvalue weighted by Crippen LogP contribution is -2.39. The molecule has 0 radical (unpaired) electrons. The average Bonchev–Trinajstić information content (AvgIpc) is 2.77. The summed E-state index contributed by atoms with van der Waals surface area (Å²) in [5.41, 5.74) is -1.24. The van der Waals surface area contributed by atoms with Gasteiger partial charge in [-0.15, -0.1) is 5.11 Å². The van der Waals surface area contributed by atoms with Crippen LogP contribution in [0.5, 0.6) is 5.88 Å². The number of aliphatic hydroxyl groups is 1. The number of benzene rings is 1. The van der Waals surface area contributed by atoms with Crippen LogP contribution in [0.25, 0.3) is 0 Å².